The fourth-order valence-electron chi connectivity index (χ4n) is 1.63. The Morgan fingerprint density at radius 1 is 1.16 bits per heavy atom. The number of unbranched alkanes of at least 4 members (excludes halogenated alkanes) is 1. The van der Waals surface area contributed by atoms with E-state index in [0.29, 0.717) is 6.61 Å². The highest BCUT2D eigenvalue weighted by atomic mass is 16.5. The van der Waals surface area contributed by atoms with E-state index in [1.165, 1.54) is 0 Å². The topological polar surface area (TPSA) is 62.1 Å². The molecule has 0 atom stereocenters. The van der Waals surface area contributed by atoms with Gasteiger partial charge in [0.15, 0.2) is 5.82 Å². The molecule has 19 heavy (non-hydrogen) atoms. The fourth-order valence-corrected chi connectivity index (χ4v) is 1.63. The molecule has 0 saturated carbocycles. The second kappa shape index (κ2) is 6.72. The van der Waals surface area contributed by atoms with Crippen LogP contribution in [0.15, 0.2) is 24.3 Å². The van der Waals surface area contributed by atoms with Crippen LogP contribution in [-0.2, 0) is 13.2 Å². The van der Waals surface area contributed by atoms with Crippen molar-refractivity contribution in [2.45, 2.75) is 32.9 Å². The maximum atomic E-state index is 5.65. The average Bonchev–Trinajstić information content (AvgIpc) is 2.91. The van der Waals surface area contributed by atoms with Gasteiger partial charge in [-0.1, -0.05) is 13.3 Å². The summed E-state index contributed by atoms with van der Waals surface area (Å²) in [5.41, 5.74) is 0. The maximum Gasteiger partial charge on any atom is 0.189 e. The van der Waals surface area contributed by atoms with E-state index in [9.17, 15) is 0 Å². The molecular weight excluding hydrogens is 244 g/mol. The smallest absolute Gasteiger partial charge is 0.189 e. The number of rotatable bonds is 7. The number of hydrogen-bond acceptors (Lipinski definition) is 5. The first kappa shape index (κ1) is 13.3. The molecule has 0 N–H and O–H groups in total. The highest BCUT2D eigenvalue weighted by molar-refractivity contribution is 5.31. The molecule has 6 nitrogen and oxygen atoms in total. The molecule has 1 aromatic carbocycles. The van der Waals surface area contributed by atoms with Crippen molar-refractivity contribution in [3.05, 3.63) is 30.1 Å². The van der Waals surface area contributed by atoms with Crippen LogP contribution in [0, 0.1) is 0 Å². The lowest BCUT2D eigenvalue weighted by Crippen LogP contribution is -2.08. The van der Waals surface area contributed by atoms with E-state index in [0.717, 1.165) is 36.7 Å². The highest BCUT2D eigenvalue weighted by Crippen LogP contribution is 2.17. The minimum Gasteiger partial charge on any atom is -0.497 e. The Balaban J connectivity index is 1.92. The summed E-state index contributed by atoms with van der Waals surface area (Å²) in [4.78, 5) is 0. The fraction of sp³-hybridized carbons (Fsp3) is 0.462. The largest absolute Gasteiger partial charge is 0.497 e. The summed E-state index contributed by atoms with van der Waals surface area (Å²) in [7, 11) is 1.64. The maximum absolute atomic E-state index is 5.65. The van der Waals surface area contributed by atoms with Crippen LogP contribution in [0.3, 0.4) is 0 Å². The third kappa shape index (κ3) is 3.67. The van der Waals surface area contributed by atoms with Crippen LogP contribution in [0.4, 0.5) is 0 Å². The molecule has 2 rings (SSSR count). The minimum absolute atomic E-state index is 0.364. The molecule has 1 heterocycles. The van der Waals surface area contributed by atoms with Crippen molar-refractivity contribution in [3.63, 3.8) is 0 Å². The number of nitrogens with zero attached hydrogens (tertiary/aromatic N) is 4. The minimum atomic E-state index is 0.364. The Morgan fingerprint density at radius 3 is 2.58 bits per heavy atom. The Labute approximate surface area is 112 Å². The van der Waals surface area contributed by atoms with Gasteiger partial charge in [0.05, 0.1) is 7.11 Å². The van der Waals surface area contributed by atoms with Gasteiger partial charge in [0.25, 0.3) is 0 Å². The van der Waals surface area contributed by atoms with Gasteiger partial charge in [0.1, 0.15) is 18.1 Å². The molecule has 0 aliphatic heterocycles. The molecule has 2 aromatic rings. The molecule has 0 amide bonds. The Hall–Kier alpha value is -2.11. The van der Waals surface area contributed by atoms with E-state index in [-0.39, 0.29) is 0 Å². The normalized spacial score (nSPS) is 10.4. The molecule has 0 fully saturated rings. The van der Waals surface area contributed by atoms with E-state index in [2.05, 4.69) is 22.4 Å². The van der Waals surface area contributed by atoms with E-state index < -0.39 is 0 Å². The second-order valence-corrected chi connectivity index (χ2v) is 4.14. The third-order valence-electron chi connectivity index (χ3n) is 2.76. The second-order valence-electron chi connectivity index (χ2n) is 4.14. The number of benzene rings is 1. The zero-order valence-electron chi connectivity index (χ0n) is 11.2. The molecule has 0 unspecified atom stereocenters. The van der Waals surface area contributed by atoms with E-state index >= 15 is 0 Å². The first-order valence-corrected chi connectivity index (χ1v) is 6.35. The first-order chi connectivity index (χ1) is 9.33. The van der Waals surface area contributed by atoms with Crippen LogP contribution >= 0.6 is 0 Å². The van der Waals surface area contributed by atoms with Gasteiger partial charge in [-0.15, -0.1) is 5.10 Å². The monoisotopic (exact) mass is 262 g/mol. The molecule has 1 aromatic heterocycles. The van der Waals surface area contributed by atoms with Gasteiger partial charge in [-0.3, -0.25) is 0 Å². The van der Waals surface area contributed by atoms with Gasteiger partial charge < -0.3 is 9.47 Å². The molecule has 6 heteroatoms. The van der Waals surface area contributed by atoms with Crippen molar-refractivity contribution in [2.24, 2.45) is 0 Å². The average molecular weight is 262 g/mol. The summed E-state index contributed by atoms with van der Waals surface area (Å²) in [5.74, 6) is 2.32. The zero-order chi connectivity index (χ0) is 13.5. The molecule has 0 radical (unpaired) electrons. The van der Waals surface area contributed by atoms with Crippen LogP contribution < -0.4 is 9.47 Å². The summed E-state index contributed by atoms with van der Waals surface area (Å²) in [5, 5.41) is 11.6. The van der Waals surface area contributed by atoms with Crippen molar-refractivity contribution in [1.82, 2.24) is 20.2 Å². The zero-order valence-corrected chi connectivity index (χ0v) is 11.2. The SMILES string of the molecule is CCCCn1nnnc1COc1ccc(OC)cc1. The number of aromatic nitrogens is 4. The summed E-state index contributed by atoms with van der Waals surface area (Å²) in [6.45, 7) is 3.33. The van der Waals surface area contributed by atoms with Crippen LogP contribution in [0.5, 0.6) is 11.5 Å². The number of methoxy groups -OCH3 is 1. The van der Waals surface area contributed by atoms with Gasteiger partial charge in [-0.2, -0.15) is 0 Å². The van der Waals surface area contributed by atoms with Crippen LogP contribution in [0.25, 0.3) is 0 Å². The molecule has 0 saturated heterocycles. The molecule has 0 aliphatic rings. The van der Waals surface area contributed by atoms with Gasteiger partial charge in [-0.05, 0) is 41.1 Å². The van der Waals surface area contributed by atoms with Crippen molar-refractivity contribution in [3.8, 4) is 11.5 Å². The van der Waals surface area contributed by atoms with Gasteiger partial charge >= 0.3 is 0 Å². The van der Waals surface area contributed by atoms with Crippen LogP contribution in [0.1, 0.15) is 25.6 Å². The van der Waals surface area contributed by atoms with Crippen molar-refractivity contribution < 1.29 is 9.47 Å². The highest BCUT2D eigenvalue weighted by Gasteiger charge is 2.06. The molecule has 0 aliphatic carbocycles. The standard InChI is InChI=1S/C13H18N4O2/c1-3-4-9-17-13(14-15-16-17)10-19-12-7-5-11(18-2)6-8-12/h5-8H,3-4,9-10H2,1-2H3. The van der Waals surface area contributed by atoms with Gasteiger partial charge in [0, 0.05) is 6.54 Å². The van der Waals surface area contributed by atoms with E-state index in [1.54, 1.807) is 11.8 Å². The predicted octanol–water partition coefficient (Wildman–Crippen LogP) is 2.06. The van der Waals surface area contributed by atoms with Crippen molar-refractivity contribution in [1.29, 1.82) is 0 Å². The van der Waals surface area contributed by atoms with Crippen molar-refractivity contribution in [2.75, 3.05) is 7.11 Å². The Morgan fingerprint density at radius 2 is 1.89 bits per heavy atom. The number of hydrogen-bond donors (Lipinski definition) is 0. The van der Waals surface area contributed by atoms with E-state index in [1.807, 2.05) is 24.3 Å². The lowest BCUT2D eigenvalue weighted by Gasteiger charge is -2.07. The molecule has 102 valence electrons. The van der Waals surface area contributed by atoms with Gasteiger partial charge in [-0.25, -0.2) is 4.68 Å². The third-order valence-corrected chi connectivity index (χ3v) is 2.76. The molecule has 0 bridgehead atoms. The van der Waals surface area contributed by atoms with Gasteiger partial charge in [0.2, 0.25) is 0 Å². The lowest BCUT2D eigenvalue weighted by atomic mass is 10.3. The Bertz CT molecular complexity index is 496. The summed E-state index contributed by atoms with van der Waals surface area (Å²) in [6.07, 6.45) is 2.17. The first-order valence-electron chi connectivity index (χ1n) is 6.35. The number of ether oxygens (including phenoxy) is 2. The van der Waals surface area contributed by atoms with Crippen LogP contribution in [0.2, 0.25) is 0 Å². The quantitative estimate of drug-likeness (QED) is 0.764. The number of aryl methyl sites for hydroxylation is 1. The summed E-state index contributed by atoms with van der Waals surface area (Å²) in [6, 6.07) is 7.43. The molecular formula is C13H18N4O2. The predicted molar refractivity (Wildman–Crippen MR) is 70.1 cm³/mol. The lowest BCUT2D eigenvalue weighted by molar-refractivity contribution is 0.285. The molecule has 0 spiro atoms. The number of tetrazole rings is 1. The summed E-state index contributed by atoms with van der Waals surface area (Å²) >= 11 is 0. The summed E-state index contributed by atoms with van der Waals surface area (Å²) < 4.78 is 12.5. The van der Waals surface area contributed by atoms with E-state index in [4.69, 9.17) is 9.47 Å². The van der Waals surface area contributed by atoms with Crippen LogP contribution in [-0.4, -0.2) is 27.3 Å². The van der Waals surface area contributed by atoms with Crippen molar-refractivity contribution >= 4 is 0 Å². The Kier molecular flexibility index (Phi) is 4.72.